The molecule has 3 aromatic rings. The van der Waals surface area contributed by atoms with Crippen molar-refractivity contribution in [2.24, 2.45) is 0 Å². The van der Waals surface area contributed by atoms with E-state index in [0.29, 0.717) is 5.69 Å². The molecule has 0 saturated heterocycles. The van der Waals surface area contributed by atoms with E-state index in [9.17, 15) is 9.59 Å². The van der Waals surface area contributed by atoms with Gasteiger partial charge in [-0.2, -0.15) is 0 Å². The first-order chi connectivity index (χ1) is 12.6. The Balaban J connectivity index is 1.80. The van der Waals surface area contributed by atoms with Crippen LogP contribution in [0, 0.1) is 0 Å². The standard InChI is InChI=1S/C21H22N2O3/c1-3-5-15-12-21(25)23-19-13-16(8-9-18(15)19)22-20(24)11-14-6-4-7-17(10-14)26-2/h4,6-10,12-13H,3,5,11H2,1-2H3,(H,22,24)(H,23,25). The number of rotatable bonds is 6. The van der Waals surface area contributed by atoms with Crippen molar-refractivity contribution >= 4 is 22.5 Å². The Labute approximate surface area is 152 Å². The van der Waals surface area contributed by atoms with Gasteiger partial charge in [-0.05, 0) is 41.8 Å². The minimum absolute atomic E-state index is 0.121. The average molecular weight is 350 g/mol. The Morgan fingerprint density at radius 3 is 2.77 bits per heavy atom. The van der Waals surface area contributed by atoms with Crippen molar-refractivity contribution in [3.63, 3.8) is 0 Å². The molecule has 26 heavy (non-hydrogen) atoms. The third-order valence-electron chi connectivity index (χ3n) is 4.23. The maximum Gasteiger partial charge on any atom is 0.248 e. The van der Waals surface area contributed by atoms with Crippen LogP contribution in [0.1, 0.15) is 24.5 Å². The van der Waals surface area contributed by atoms with Crippen molar-refractivity contribution < 1.29 is 9.53 Å². The van der Waals surface area contributed by atoms with Crippen molar-refractivity contribution in [2.75, 3.05) is 12.4 Å². The van der Waals surface area contributed by atoms with Gasteiger partial charge in [0, 0.05) is 17.1 Å². The van der Waals surface area contributed by atoms with E-state index in [1.807, 2.05) is 36.4 Å². The quantitative estimate of drug-likeness (QED) is 0.712. The largest absolute Gasteiger partial charge is 0.497 e. The van der Waals surface area contributed by atoms with E-state index in [4.69, 9.17) is 4.74 Å². The number of methoxy groups -OCH3 is 1. The zero-order valence-electron chi connectivity index (χ0n) is 15.0. The molecule has 0 saturated carbocycles. The predicted molar refractivity (Wildman–Crippen MR) is 104 cm³/mol. The number of pyridine rings is 1. The fourth-order valence-electron chi connectivity index (χ4n) is 3.06. The van der Waals surface area contributed by atoms with Crippen molar-refractivity contribution in [1.82, 2.24) is 4.98 Å². The Morgan fingerprint density at radius 2 is 2.00 bits per heavy atom. The van der Waals surface area contributed by atoms with Gasteiger partial charge in [0.1, 0.15) is 5.75 Å². The summed E-state index contributed by atoms with van der Waals surface area (Å²) in [6.45, 7) is 2.08. The second-order valence-electron chi connectivity index (χ2n) is 6.25. The molecule has 0 aliphatic rings. The molecule has 2 aromatic carbocycles. The summed E-state index contributed by atoms with van der Waals surface area (Å²) in [5.74, 6) is 0.603. The zero-order valence-corrected chi connectivity index (χ0v) is 15.0. The summed E-state index contributed by atoms with van der Waals surface area (Å²) in [6, 6.07) is 14.7. The Bertz CT molecular complexity index is 992. The van der Waals surface area contributed by atoms with Crippen molar-refractivity contribution in [3.05, 3.63) is 70.0 Å². The second-order valence-corrected chi connectivity index (χ2v) is 6.25. The highest BCUT2D eigenvalue weighted by Gasteiger charge is 2.08. The number of aromatic nitrogens is 1. The van der Waals surface area contributed by atoms with Gasteiger partial charge in [-0.15, -0.1) is 0 Å². The first-order valence-corrected chi connectivity index (χ1v) is 8.68. The molecular weight excluding hydrogens is 328 g/mol. The Morgan fingerprint density at radius 1 is 1.15 bits per heavy atom. The first kappa shape index (κ1) is 17.7. The summed E-state index contributed by atoms with van der Waals surface area (Å²) < 4.78 is 5.18. The molecule has 0 bridgehead atoms. The minimum Gasteiger partial charge on any atom is -0.497 e. The van der Waals surface area contributed by atoms with Crippen molar-refractivity contribution in [3.8, 4) is 5.75 Å². The van der Waals surface area contributed by atoms with Gasteiger partial charge < -0.3 is 15.0 Å². The fourth-order valence-corrected chi connectivity index (χ4v) is 3.06. The van der Waals surface area contributed by atoms with Crippen molar-refractivity contribution in [1.29, 1.82) is 0 Å². The number of anilines is 1. The van der Waals surface area contributed by atoms with E-state index < -0.39 is 0 Å². The van der Waals surface area contributed by atoms with Crippen LogP contribution in [0.5, 0.6) is 5.75 Å². The molecule has 2 N–H and O–H groups in total. The summed E-state index contributed by atoms with van der Waals surface area (Å²) in [7, 11) is 1.60. The first-order valence-electron chi connectivity index (χ1n) is 8.68. The van der Waals surface area contributed by atoms with Gasteiger partial charge in [-0.3, -0.25) is 9.59 Å². The highest BCUT2D eigenvalue weighted by atomic mass is 16.5. The number of carbonyl (C=O) groups is 1. The highest BCUT2D eigenvalue weighted by molar-refractivity contribution is 5.95. The Kier molecular flexibility index (Phi) is 5.37. The Hall–Kier alpha value is -3.08. The van der Waals surface area contributed by atoms with Crippen LogP contribution < -0.4 is 15.6 Å². The van der Waals surface area contributed by atoms with Crippen LogP contribution in [-0.2, 0) is 17.6 Å². The van der Waals surface area contributed by atoms with Crippen LogP contribution in [0.15, 0.2) is 53.3 Å². The maximum absolute atomic E-state index is 12.3. The lowest BCUT2D eigenvalue weighted by Crippen LogP contribution is -2.14. The number of aryl methyl sites for hydroxylation is 1. The lowest BCUT2D eigenvalue weighted by molar-refractivity contribution is -0.115. The highest BCUT2D eigenvalue weighted by Crippen LogP contribution is 2.21. The number of H-pyrrole nitrogens is 1. The molecule has 0 fully saturated rings. The summed E-state index contributed by atoms with van der Waals surface area (Å²) in [5.41, 5.74) is 3.18. The van der Waals surface area contributed by atoms with E-state index in [1.54, 1.807) is 19.2 Å². The molecule has 0 radical (unpaired) electrons. The number of hydrogen-bond donors (Lipinski definition) is 2. The van der Waals surface area contributed by atoms with E-state index in [-0.39, 0.29) is 17.9 Å². The number of ether oxygens (including phenoxy) is 1. The van der Waals surface area contributed by atoms with E-state index in [2.05, 4.69) is 17.2 Å². The normalized spacial score (nSPS) is 10.7. The molecule has 3 rings (SSSR count). The molecule has 0 unspecified atom stereocenters. The van der Waals surface area contributed by atoms with E-state index in [1.165, 1.54) is 0 Å². The molecule has 5 heteroatoms. The summed E-state index contributed by atoms with van der Waals surface area (Å²) in [6.07, 6.45) is 2.07. The van der Waals surface area contributed by atoms with Gasteiger partial charge in [-0.1, -0.05) is 31.5 Å². The predicted octanol–water partition coefficient (Wildman–Crippen LogP) is 3.67. The van der Waals surface area contributed by atoms with Crippen LogP contribution in [0.3, 0.4) is 0 Å². The van der Waals surface area contributed by atoms with Gasteiger partial charge >= 0.3 is 0 Å². The molecule has 5 nitrogen and oxygen atoms in total. The monoisotopic (exact) mass is 350 g/mol. The number of benzene rings is 2. The number of fused-ring (bicyclic) bond motifs is 1. The van der Waals surface area contributed by atoms with E-state index >= 15 is 0 Å². The smallest absolute Gasteiger partial charge is 0.248 e. The molecule has 0 atom stereocenters. The second kappa shape index (κ2) is 7.87. The SMILES string of the molecule is CCCc1cc(=O)[nH]c2cc(NC(=O)Cc3cccc(OC)c3)ccc12. The van der Waals surface area contributed by atoms with Gasteiger partial charge in [0.2, 0.25) is 11.5 Å². The van der Waals surface area contributed by atoms with Crippen LogP contribution >= 0.6 is 0 Å². The number of hydrogen-bond acceptors (Lipinski definition) is 3. The van der Waals surface area contributed by atoms with Crippen LogP contribution in [0.4, 0.5) is 5.69 Å². The maximum atomic E-state index is 12.3. The van der Waals surface area contributed by atoms with E-state index in [0.717, 1.165) is 40.6 Å². The van der Waals surface area contributed by atoms with Gasteiger partial charge in [-0.25, -0.2) is 0 Å². The van der Waals surface area contributed by atoms with Crippen molar-refractivity contribution in [2.45, 2.75) is 26.2 Å². The fraction of sp³-hybridized carbons (Fsp3) is 0.238. The molecule has 1 amide bonds. The zero-order chi connectivity index (χ0) is 18.5. The molecule has 1 aromatic heterocycles. The molecule has 0 aliphatic carbocycles. The lowest BCUT2D eigenvalue weighted by Gasteiger charge is -2.09. The number of nitrogens with one attached hydrogen (secondary N) is 2. The molecular formula is C21H22N2O3. The number of amides is 1. The number of aromatic amines is 1. The summed E-state index contributed by atoms with van der Waals surface area (Å²) >= 11 is 0. The molecule has 0 spiro atoms. The topological polar surface area (TPSA) is 71.2 Å². The minimum atomic E-state index is -0.124. The van der Waals surface area contributed by atoms with Crippen LogP contribution in [0.25, 0.3) is 10.9 Å². The van der Waals surface area contributed by atoms with Gasteiger partial charge in [0.05, 0.1) is 19.0 Å². The lowest BCUT2D eigenvalue weighted by atomic mass is 10.0. The third kappa shape index (κ3) is 4.11. The summed E-state index contributed by atoms with van der Waals surface area (Å²) in [5, 5.41) is 3.90. The molecule has 1 heterocycles. The number of carbonyl (C=O) groups excluding carboxylic acids is 1. The van der Waals surface area contributed by atoms with Gasteiger partial charge in [0.15, 0.2) is 0 Å². The molecule has 134 valence electrons. The average Bonchev–Trinajstić information content (AvgIpc) is 2.61. The van der Waals surface area contributed by atoms with Crippen LogP contribution in [-0.4, -0.2) is 18.0 Å². The molecule has 0 aliphatic heterocycles. The third-order valence-corrected chi connectivity index (χ3v) is 4.23. The van der Waals surface area contributed by atoms with Gasteiger partial charge in [0.25, 0.3) is 0 Å². The summed E-state index contributed by atoms with van der Waals surface area (Å²) in [4.78, 5) is 27.0. The van der Waals surface area contributed by atoms with Crippen LogP contribution in [0.2, 0.25) is 0 Å².